The van der Waals surface area contributed by atoms with Gasteiger partial charge >= 0.3 is 0 Å². The maximum absolute atomic E-state index is 12.7. The van der Waals surface area contributed by atoms with Crippen molar-refractivity contribution >= 4 is 11.6 Å². The van der Waals surface area contributed by atoms with Crippen molar-refractivity contribution in [3.05, 3.63) is 29.3 Å². The van der Waals surface area contributed by atoms with Gasteiger partial charge in [0.2, 0.25) is 0 Å². The smallest absolute Gasteiger partial charge is 0.254 e. The Kier molecular flexibility index (Phi) is 7.23. The van der Waals surface area contributed by atoms with Crippen LogP contribution in [0.5, 0.6) is 0 Å². The molecule has 1 atom stereocenters. The molecule has 0 fully saturated rings. The van der Waals surface area contributed by atoms with Gasteiger partial charge in [0, 0.05) is 31.5 Å². The van der Waals surface area contributed by atoms with Gasteiger partial charge in [-0.15, -0.1) is 0 Å². The fraction of sp³-hybridized carbons (Fsp3) is 0.588. The Morgan fingerprint density at radius 2 is 2.10 bits per heavy atom. The van der Waals surface area contributed by atoms with E-state index in [0.717, 1.165) is 29.8 Å². The predicted octanol–water partition coefficient (Wildman–Crippen LogP) is 3.31. The number of likely N-dealkylation sites (N-methyl/N-ethyl adjacent to an activating group) is 1. The summed E-state index contributed by atoms with van der Waals surface area (Å²) in [6.45, 7) is 10.3. The monoisotopic (exact) mass is 292 g/mol. The highest BCUT2D eigenvalue weighted by atomic mass is 16.5. The molecule has 1 amide bonds. The molecule has 0 saturated carbocycles. The molecule has 1 unspecified atom stereocenters. The Morgan fingerprint density at radius 1 is 1.38 bits per heavy atom. The van der Waals surface area contributed by atoms with Gasteiger partial charge in [-0.1, -0.05) is 6.92 Å². The van der Waals surface area contributed by atoms with Crippen LogP contribution < -0.4 is 5.32 Å². The van der Waals surface area contributed by atoms with Gasteiger partial charge in [-0.25, -0.2) is 0 Å². The van der Waals surface area contributed by atoms with Crippen LogP contribution in [0.4, 0.5) is 5.69 Å². The van der Waals surface area contributed by atoms with E-state index in [1.807, 2.05) is 43.9 Å². The molecule has 1 rings (SSSR count). The molecule has 4 nitrogen and oxygen atoms in total. The Bertz CT molecular complexity index is 460. The minimum atomic E-state index is 0.0709. The lowest BCUT2D eigenvalue weighted by molar-refractivity contribution is 0.0578. The summed E-state index contributed by atoms with van der Waals surface area (Å²) >= 11 is 0. The minimum Gasteiger partial charge on any atom is -0.385 e. The van der Waals surface area contributed by atoms with Gasteiger partial charge in [0.15, 0.2) is 0 Å². The summed E-state index contributed by atoms with van der Waals surface area (Å²) in [6.07, 6.45) is 1.08. The minimum absolute atomic E-state index is 0.0709. The molecule has 0 aliphatic rings. The van der Waals surface area contributed by atoms with E-state index in [1.54, 1.807) is 7.11 Å². The van der Waals surface area contributed by atoms with Crippen LogP contribution in [0, 0.1) is 6.92 Å². The highest BCUT2D eigenvalue weighted by Crippen LogP contribution is 2.18. The third kappa shape index (κ3) is 4.74. The summed E-state index contributed by atoms with van der Waals surface area (Å²) in [5.74, 6) is 0.0709. The number of carbonyl (C=O) groups excluding carboxylic acids is 1. The van der Waals surface area contributed by atoms with Gasteiger partial charge in [-0.05, 0) is 51.0 Å². The van der Waals surface area contributed by atoms with Crippen LogP contribution >= 0.6 is 0 Å². The highest BCUT2D eigenvalue weighted by molar-refractivity contribution is 5.96. The van der Waals surface area contributed by atoms with Crippen molar-refractivity contribution in [1.29, 1.82) is 0 Å². The topological polar surface area (TPSA) is 41.6 Å². The lowest BCUT2D eigenvalue weighted by Gasteiger charge is -2.28. The van der Waals surface area contributed by atoms with Crippen molar-refractivity contribution in [2.75, 3.05) is 32.1 Å². The molecule has 0 radical (unpaired) electrons. The van der Waals surface area contributed by atoms with Crippen molar-refractivity contribution in [3.63, 3.8) is 0 Å². The van der Waals surface area contributed by atoms with Gasteiger partial charge in [-0.3, -0.25) is 4.79 Å². The van der Waals surface area contributed by atoms with Gasteiger partial charge in [0.25, 0.3) is 5.91 Å². The Labute approximate surface area is 128 Å². The molecular weight excluding hydrogens is 264 g/mol. The maximum Gasteiger partial charge on any atom is 0.254 e. The molecule has 0 heterocycles. The summed E-state index contributed by atoms with van der Waals surface area (Å²) in [7, 11) is 1.66. The van der Waals surface area contributed by atoms with Crippen molar-refractivity contribution in [1.82, 2.24) is 4.90 Å². The average Bonchev–Trinajstić information content (AvgIpc) is 2.46. The Morgan fingerprint density at radius 3 is 2.62 bits per heavy atom. The number of nitrogens with one attached hydrogen (secondary N) is 1. The van der Waals surface area contributed by atoms with E-state index in [1.165, 1.54) is 0 Å². The molecular formula is C17H28N2O2. The maximum atomic E-state index is 12.7. The third-order valence-electron chi connectivity index (χ3n) is 3.58. The Balaban J connectivity index is 2.90. The number of aryl methyl sites for hydroxylation is 1. The lowest BCUT2D eigenvalue weighted by Crippen LogP contribution is -2.41. The van der Waals surface area contributed by atoms with Crippen LogP contribution in [-0.4, -0.2) is 43.7 Å². The second kappa shape index (κ2) is 8.67. The first-order valence-corrected chi connectivity index (χ1v) is 7.69. The van der Waals surface area contributed by atoms with Crippen LogP contribution in [0.2, 0.25) is 0 Å². The number of ether oxygens (including phenoxy) is 1. The number of carbonyl (C=O) groups is 1. The van der Waals surface area contributed by atoms with Gasteiger partial charge in [-0.2, -0.15) is 0 Å². The molecule has 0 aromatic heterocycles. The van der Waals surface area contributed by atoms with Crippen molar-refractivity contribution in [2.24, 2.45) is 0 Å². The van der Waals surface area contributed by atoms with E-state index in [2.05, 4.69) is 12.2 Å². The van der Waals surface area contributed by atoms with E-state index in [0.29, 0.717) is 13.2 Å². The number of hydrogen-bond acceptors (Lipinski definition) is 3. The molecule has 0 aliphatic heterocycles. The Hall–Kier alpha value is -1.55. The van der Waals surface area contributed by atoms with E-state index < -0.39 is 0 Å². The highest BCUT2D eigenvalue weighted by Gasteiger charge is 2.21. The number of amides is 1. The lowest BCUT2D eigenvalue weighted by atomic mass is 10.1. The molecule has 1 aromatic rings. The molecule has 4 heteroatoms. The van der Waals surface area contributed by atoms with Gasteiger partial charge in [0.1, 0.15) is 0 Å². The van der Waals surface area contributed by atoms with Crippen molar-refractivity contribution in [3.8, 4) is 0 Å². The number of anilines is 1. The van der Waals surface area contributed by atoms with Crippen LogP contribution in [0.25, 0.3) is 0 Å². The summed E-state index contributed by atoms with van der Waals surface area (Å²) in [6, 6.07) is 6.00. The molecule has 1 N–H and O–H groups in total. The van der Waals surface area contributed by atoms with E-state index in [9.17, 15) is 4.79 Å². The summed E-state index contributed by atoms with van der Waals surface area (Å²) in [5, 5.41) is 3.34. The third-order valence-corrected chi connectivity index (χ3v) is 3.58. The first-order valence-electron chi connectivity index (χ1n) is 7.69. The largest absolute Gasteiger partial charge is 0.385 e. The number of rotatable bonds is 8. The molecule has 21 heavy (non-hydrogen) atoms. The van der Waals surface area contributed by atoms with Crippen molar-refractivity contribution < 1.29 is 9.53 Å². The number of benzene rings is 1. The fourth-order valence-corrected chi connectivity index (χ4v) is 2.42. The summed E-state index contributed by atoms with van der Waals surface area (Å²) in [4.78, 5) is 14.5. The van der Waals surface area contributed by atoms with Crippen LogP contribution in [0.3, 0.4) is 0 Å². The summed E-state index contributed by atoms with van der Waals surface area (Å²) < 4.78 is 5.16. The predicted molar refractivity (Wildman–Crippen MR) is 88.0 cm³/mol. The second-order valence-corrected chi connectivity index (χ2v) is 5.35. The van der Waals surface area contributed by atoms with Crippen LogP contribution in [0.15, 0.2) is 18.2 Å². The first kappa shape index (κ1) is 17.5. The summed E-state index contributed by atoms with van der Waals surface area (Å²) in [5.41, 5.74) is 2.84. The van der Waals surface area contributed by atoms with Gasteiger partial charge in [0.05, 0.1) is 12.6 Å². The molecule has 0 bridgehead atoms. The van der Waals surface area contributed by atoms with Gasteiger partial charge < -0.3 is 15.0 Å². The molecule has 0 aliphatic carbocycles. The number of nitrogens with zero attached hydrogens (tertiary/aromatic N) is 1. The van der Waals surface area contributed by atoms with E-state index in [4.69, 9.17) is 4.74 Å². The molecule has 118 valence electrons. The van der Waals surface area contributed by atoms with Crippen molar-refractivity contribution in [2.45, 2.75) is 40.2 Å². The normalized spacial score (nSPS) is 12.0. The molecule has 0 saturated heterocycles. The van der Waals surface area contributed by atoms with Crippen LogP contribution in [0.1, 0.15) is 43.1 Å². The first-order chi connectivity index (χ1) is 10.0. The number of methoxy groups -OCH3 is 1. The average molecular weight is 292 g/mol. The van der Waals surface area contributed by atoms with E-state index >= 15 is 0 Å². The number of hydrogen-bond donors (Lipinski definition) is 1. The zero-order valence-corrected chi connectivity index (χ0v) is 13.9. The fourth-order valence-electron chi connectivity index (χ4n) is 2.42. The SMILES string of the molecule is CCCNc1ccc(C(=O)N(CC)C(C)COC)c(C)c1. The quantitative estimate of drug-likeness (QED) is 0.799. The standard InChI is InChI=1S/C17H28N2O2/c1-6-10-18-15-8-9-16(13(3)11-15)17(20)19(7-2)14(4)12-21-5/h8-9,11,14,18H,6-7,10,12H2,1-5H3. The molecule has 0 spiro atoms. The van der Waals surface area contributed by atoms with Crippen LogP contribution in [-0.2, 0) is 4.74 Å². The second-order valence-electron chi connectivity index (χ2n) is 5.35. The molecule has 1 aromatic carbocycles. The zero-order chi connectivity index (χ0) is 15.8. The van der Waals surface area contributed by atoms with E-state index in [-0.39, 0.29) is 11.9 Å². The zero-order valence-electron chi connectivity index (χ0n) is 13.9.